The molecule has 4 nitrogen and oxygen atoms in total. The molecule has 5 heteroatoms. The molecule has 0 N–H and O–H groups in total. The molecule has 0 aliphatic carbocycles. The van der Waals surface area contributed by atoms with Crippen LogP contribution in [0.1, 0.15) is 122 Å². The molecule has 0 fully saturated rings. The van der Waals surface area contributed by atoms with Crippen LogP contribution in [0.3, 0.4) is 0 Å². The first-order valence-corrected chi connectivity index (χ1v) is 28.2. The third kappa shape index (κ3) is 8.53. The zero-order chi connectivity index (χ0) is 55.0. The quantitative estimate of drug-likeness (QED) is 0.154. The minimum atomic E-state index is -0.0567. The van der Waals surface area contributed by atoms with Crippen LogP contribution in [0.2, 0.25) is 0 Å². The van der Waals surface area contributed by atoms with Crippen LogP contribution in [-0.4, -0.2) is 11.3 Å². The van der Waals surface area contributed by atoms with E-state index in [1.165, 1.54) is 111 Å². The second-order valence-electron chi connectivity index (χ2n) is 26.6. The van der Waals surface area contributed by atoms with Gasteiger partial charge in [0.2, 0.25) is 0 Å². The van der Waals surface area contributed by atoms with Gasteiger partial charge in [0.25, 0.3) is 6.71 Å². The number of anilines is 9. The Morgan fingerprint density at radius 3 is 1.44 bits per heavy atom. The summed E-state index contributed by atoms with van der Waals surface area (Å²) in [6.45, 7) is 34.7. The molecule has 3 heterocycles. The number of hydrogen-bond acceptors (Lipinski definition) is 3. The molecule has 12 rings (SSSR count). The molecule has 390 valence electrons. The molecule has 0 amide bonds. The lowest BCUT2D eigenvalue weighted by atomic mass is 9.33. The van der Waals surface area contributed by atoms with Crippen LogP contribution in [0, 0.1) is 20.8 Å². The topological polar surface area (TPSA) is 14.7 Å². The maximum Gasteiger partial charge on any atom is 0.252 e. The lowest BCUT2D eigenvalue weighted by Crippen LogP contribution is -2.61. The van der Waals surface area contributed by atoms with Crippen LogP contribution in [0.5, 0.6) is 0 Å². The van der Waals surface area contributed by atoms with Gasteiger partial charge in [-0.15, -0.1) is 0 Å². The molecule has 0 radical (unpaired) electrons. The predicted octanol–water partition coefficient (Wildman–Crippen LogP) is 18.5. The van der Waals surface area contributed by atoms with Gasteiger partial charge in [0.1, 0.15) is 0 Å². The Labute approximate surface area is 465 Å². The number of nitrogens with zero attached hydrogens (tertiary/aromatic N) is 4. The Bertz CT molecular complexity index is 3960. The summed E-state index contributed by atoms with van der Waals surface area (Å²) < 4.78 is 2.44. The molecule has 78 heavy (non-hydrogen) atoms. The van der Waals surface area contributed by atoms with Crippen molar-refractivity contribution in [1.29, 1.82) is 0 Å². The van der Waals surface area contributed by atoms with Crippen LogP contribution in [0.4, 0.5) is 51.2 Å². The van der Waals surface area contributed by atoms with Crippen molar-refractivity contribution in [2.75, 3.05) is 14.7 Å². The summed E-state index contributed by atoms with van der Waals surface area (Å²) in [6.07, 6.45) is 0. The maximum atomic E-state index is 2.59. The summed E-state index contributed by atoms with van der Waals surface area (Å²) in [5.41, 5.74) is 27.1. The summed E-state index contributed by atoms with van der Waals surface area (Å²) in [5.74, 6) is 0. The fraction of sp³-hybridized carbons (Fsp3) is 0.260. The molecule has 2 aliphatic heterocycles. The number of aryl methyl sites for hydroxylation is 3. The zero-order valence-electron chi connectivity index (χ0n) is 48.7. The molecule has 0 saturated heterocycles. The highest BCUT2D eigenvalue weighted by Crippen LogP contribution is 2.49. The molecule has 1 aromatic heterocycles. The Morgan fingerprint density at radius 2 is 0.859 bits per heavy atom. The van der Waals surface area contributed by atoms with E-state index >= 15 is 0 Å². The van der Waals surface area contributed by atoms with Gasteiger partial charge < -0.3 is 19.3 Å². The average molecular weight is 1020 g/mol. The van der Waals surface area contributed by atoms with Crippen LogP contribution < -0.4 is 31.1 Å². The third-order valence-corrected chi connectivity index (χ3v) is 16.8. The Morgan fingerprint density at radius 1 is 0.359 bits per heavy atom. The molecule has 0 saturated carbocycles. The van der Waals surface area contributed by atoms with Crippen LogP contribution in [0.25, 0.3) is 27.5 Å². The fourth-order valence-corrected chi connectivity index (χ4v) is 12.6. The largest absolute Gasteiger partial charge is 0.311 e. The molecular formula is C73H75BN4. The van der Waals surface area contributed by atoms with Crippen molar-refractivity contribution < 1.29 is 0 Å². The van der Waals surface area contributed by atoms with Gasteiger partial charge >= 0.3 is 0 Å². The summed E-state index contributed by atoms with van der Waals surface area (Å²) in [7, 11) is 0. The molecule has 10 aromatic rings. The van der Waals surface area contributed by atoms with Gasteiger partial charge in [-0.25, -0.2) is 0 Å². The zero-order valence-corrected chi connectivity index (χ0v) is 48.7. The van der Waals surface area contributed by atoms with E-state index in [1.54, 1.807) is 0 Å². The average Bonchev–Trinajstić information content (AvgIpc) is 3.56. The van der Waals surface area contributed by atoms with Crippen molar-refractivity contribution in [1.82, 2.24) is 4.57 Å². The number of aromatic nitrogens is 1. The van der Waals surface area contributed by atoms with Gasteiger partial charge in [0.15, 0.2) is 0 Å². The lowest BCUT2D eigenvalue weighted by Gasteiger charge is -2.45. The second-order valence-corrected chi connectivity index (χ2v) is 26.6. The van der Waals surface area contributed by atoms with Gasteiger partial charge in [0.05, 0.1) is 16.7 Å². The number of benzene rings is 9. The molecule has 0 spiro atoms. The SMILES string of the molecule is Cc1cc2c3c(c1)N(c1ccc(C(C)(C)C)cc1)c1cc(N(c4ccc5c6ccccc6n(-c6ccccc6)c5c4)c4c(C)cc(C(C)(C)C)cc4C)ccc1B3c1cc(C(C)(C)C)ccc1N2c1ccc(C(C)(C)C)cc1. The highest BCUT2D eigenvalue weighted by Gasteiger charge is 2.44. The van der Waals surface area contributed by atoms with Crippen molar-refractivity contribution in [3.05, 3.63) is 221 Å². The maximum absolute atomic E-state index is 2.59. The van der Waals surface area contributed by atoms with Crippen molar-refractivity contribution in [2.45, 2.75) is 126 Å². The van der Waals surface area contributed by atoms with Crippen molar-refractivity contribution in [2.24, 2.45) is 0 Å². The first-order valence-electron chi connectivity index (χ1n) is 28.2. The van der Waals surface area contributed by atoms with E-state index in [0.29, 0.717) is 0 Å². The molecule has 0 bridgehead atoms. The van der Waals surface area contributed by atoms with E-state index in [9.17, 15) is 0 Å². The first-order chi connectivity index (χ1) is 37.0. The van der Waals surface area contributed by atoms with Crippen LogP contribution in [0.15, 0.2) is 182 Å². The fourth-order valence-electron chi connectivity index (χ4n) is 12.6. The van der Waals surface area contributed by atoms with Gasteiger partial charge in [-0.2, -0.15) is 0 Å². The molecule has 2 aliphatic rings. The van der Waals surface area contributed by atoms with Gasteiger partial charge in [-0.05, 0) is 183 Å². The number of fused-ring (bicyclic) bond motifs is 7. The number of rotatable bonds is 6. The van der Waals surface area contributed by atoms with E-state index in [-0.39, 0.29) is 28.4 Å². The van der Waals surface area contributed by atoms with E-state index in [0.717, 1.165) is 22.7 Å². The van der Waals surface area contributed by atoms with E-state index in [4.69, 9.17) is 0 Å². The summed E-state index contributed by atoms with van der Waals surface area (Å²) in [4.78, 5) is 7.69. The minimum Gasteiger partial charge on any atom is -0.311 e. The van der Waals surface area contributed by atoms with E-state index in [2.05, 4.69) is 305 Å². The summed E-state index contributed by atoms with van der Waals surface area (Å²) >= 11 is 0. The Balaban J connectivity index is 1.15. The monoisotopic (exact) mass is 1020 g/mol. The summed E-state index contributed by atoms with van der Waals surface area (Å²) in [5, 5.41) is 2.48. The smallest absolute Gasteiger partial charge is 0.252 e. The van der Waals surface area contributed by atoms with Gasteiger partial charge in [-0.3, -0.25) is 0 Å². The second kappa shape index (κ2) is 18.2. The van der Waals surface area contributed by atoms with E-state index < -0.39 is 0 Å². The molecular weight excluding hydrogens is 944 g/mol. The predicted molar refractivity (Wildman–Crippen MR) is 338 cm³/mol. The van der Waals surface area contributed by atoms with E-state index in [1.807, 2.05) is 0 Å². The standard InChI is InChI=1S/C73H75BN4/c1-46-39-66-68-67(40-46)78(55-32-27-50(28-33-55)71(7,8)9)65-45-57(35-37-60(65)74(68)61-43-51(72(10,11)12)29-38-63(61)77(66)54-30-25-49(26-31-54)70(4,5)6)75(69-47(2)41-52(42-48(69)3)73(13,14)15)56-34-36-59-58-23-19-20-24-62(58)76(64(59)44-56)53-21-17-16-18-22-53/h16-45H,1-15H3. The van der Waals surface area contributed by atoms with Gasteiger partial charge in [-0.1, -0.05) is 180 Å². The Hall–Kier alpha value is -7.76. The van der Waals surface area contributed by atoms with Crippen LogP contribution >= 0.6 is 0 Å². The highest BCUT2D eigenvalue weighted by atomic mass is 15.2. The first kappa shape index (κ1) is 51.0. The van der Waals surface area contributed by atoms with Crippen molar-refractivity contribution in [3.63, 3.8) is 0 Å². The molecule has 0 unspecified atom stereocenters. The normalized spacial score (nSPS) is 13.5. The summed E-state index contributed by atoms with van der Waals surface area (Å²) in [6, 6.07) is 70.0. The van der Waals surface area contributed by atoms with Gasteiger partial charge in [0, 0.05) is 62.0 Å². The minimum absolute atomic E-state index is 0.00267. The van der Waals surface area contributed by atoms with Crippen molar-refractivity contribution in [3.8, 4) is 5.69 Å². The lowest BCUT2D eigenvalue weighted by molar-refractivity contribution is 0.589. The number of para-hydroxylation sites is 2. The van der Waals surface area contributed by atoms with Crippen LogP contribution in [-0.2, 0) is 21.7 Å². The molecule has 9 aromatic carbocycles. The number of hydrogen-bond donors (Lipinski definition) is 0. The highest BCUT2D eigenvalue weighted by molar-refractivity contribution is 7.00. The Kier molecular flexibility index (Phi) is 11.9. The third-order valence-electron chi connectivity index (χ3n) is 16.8. The van der Waals surface area contributed by atoms with Crippen molar-refractivity contribution >= 4 is 96.1 Å². The molecule has 0 atom stereocenters.